The first-order chi connectivity index (χ1) is 7.59. The Kier molecular flexibility index (Phi) is 5.25. The highest BCUT2D eigenvalue weighted by Crippen LogP contribution is 2.23. The number of carbonyl (C=O) groups is 2. The van der Waals surface area contributed by atoms with Crippen LogP contribution in [-0.4, -0.2) is 34.7 Å². The first kappa shape index (κ1) is 13.0. The lowest BCUT2D eigenvalue weighted by molar-refractivity contribution is -0.138. The van der Waals surface area contributed by atoms with Gasteiger partial charge in [0, 0.05) is 18.9 Å². The lowest BCUT2D eigenvalue weighted by atomic mass is 9.86. The standard InChI is InChI=1S/C11H19NO4/c13-9-4-2-1-3-8(9)7-12-10(14)5-6-11(15)16/h8-9,13H,1-7H2,(H,12,14)(H,15,16). The summed E-state index contributed by atoms with van der Waals surface area (Å²) < 4.78 is 0. The van der Waals surface area contributed by atoms with E-state index in [-0.39, 0.29) is 30.8 Å². The molecule has 16 heavy (non-hydrogen) atoms. The first-order valence-corrected chi connectivity index (χ1v) is 5.76. The molecule has 5 heteroatoms. The van der Waals surface area contributed by atoms with Gasteiger partial charge in [-0.3, -0.25) is 9.59 Å². The molecular formula is C11H19NO4. The number of aliphatic carboxylic acids is 1. The van der Waals surface area contributed by atoms with Crippen LogP contribution in [0.5, 0.6) is 0 Å². The van der Waals surface area contributed by atoms with Crippen LogP contribution in [0.2, 0.25) is 0 Å². The van der Waals surface area contributed by atoms with Crippen LogP contribution in [0.1, 0.15) is 38.5 Å². The summed E-state index contributed by atoms with van der Waals surface area (Å²) in [6.45, 7) is 0.458. The van der Waals surface area contributed by atoms with Crippen LogP contribution in [-0.2, 0) is 9.59 Å². The second-order valence-corrected chi connectivity index (χ2v) is 4.31. The molecule has 1 saturated carbocycles. The second kappa shape index (κ2) is 6.48. The number of aliphatic hydroxyl groups excluding tert-OH is 1. The third-order valence-electron chi connectivity index (χ3n) is 3.00. The zero-order chi connectivity index (χ0) is 12.0. The SMILES string of the molecule is O=C(O)CCC(=O)NCC1CCCCC1O. The molecule has 5 nitrogen and oxygen atoms in total. The largest absolute Gasteiger partial charge is 0.481 e. The van der Waals surface area contributed by atoms with E-state index in [1.807, 2.05) is 0 Å². The monoisotopic (exact) mass is 229 g/mol. The fourth-order valence-electron chi connectivity index (χ4n) is 1.98. The number of carboxylic acid groups (broad SMARTS) is 1. The summed E-state index contributed by atoms with van der Waals surface area (Å²) in [5.74, 6) is -1.09. The molecule has 0 aliphatic heterocycles. The average molecular weight is 229 g/mol. The van der Waals surface area contributed by atoms with Gasteiger partial charge in [-0.15, -0.1) is 0 Å². The van der Waals surface area contributed by atoms with Crippen LogP contribution in [0, 0.1) is 5.92 Å². The predicted molar refractivity (Wildman–Crippen MR) is 57.8 cm³/mol. The van der Waals surface area contributed by atoms with Crippen LogP contribution < -0.4 is 5.32 Å². The highest BCUT2D eigenvalue weighted by molar-refractivity contribution is 5.80. The van der Waals surface area contributed by atoms with Crippen molar-refractivity contribution >= 4 is 11.9 Å². The van der Waals surface area contributed by atoms with Gasteiger partial charge in [0.05, 0.1) is 12.5 Å². The van der Waals surface area contributed by atoms with Gasteiger partial charge in [-0.05, 0) is 12.8 Å². The Morgan fingerprint density at radius 3 is 2.50 bits per heavy atom. The summed E-state index contributed by atoms with van der Waals surface area (Å²) in [4.78, 5) is 21.5. The van der Waals surface area contributed by atoms with E-state index in [4.69, 9.17) is 5.11 Å². The molecule has 0 spiro atoms. The van der Waals surface area contributed by atoms with Crippen molar-refractivity contribution in [2.24, 2.45) is 5.92 Å². The Bertz CT molecular complexity index is 254. The molecule has 92 valence electrons. The van der Waals surface area contributed by atoms with Crippen molar-refractivity contribution in [1.82, 2.24) is 5.32 Å². The molecular weight excluding hydrogens is 210 g/mol. The Hall–Kier alpha value is -1.10. The minimum Gasteiger partial charge on any atom is -0.481 e. The smallest absolute Gasteiger partial charge is 0.303 e. The molecule has 0 aromatic carbocycles. The van der Waals surface area contributed by atoms with Gasteiger partial charge in [0.25, 0.3) is 0 Å². The first-order valence-electron chi connectivity index (χ1n) is 5.76. The van der Waals surface area contributed by atoms with Crippen LogP contribution in [0.15, 0.2) is 0 Å². The van der Waals surface area contributed by atoms with Crippen LogP contribution in [0.25, 0.3) is 0 Å². The summed E-state index contributed by atoms with van der Waals surface area (Å²) in [5, 5.41) is 20.7. The fraction of sp³-hybridized carbons (Fsp3) is 0.818. The molecule has 0 heterocycles. The van der Waals surface area contributed by atoms with Gasteiger partial charge in [-0.25, -0.2) is 0 Å². The quantitative estimate of drug-likeness (QED) is 0.641. The van der Waals surface area contributed by atoms with Gasteiger partial charge in [0.1, 0.15) is 0 Å². The molecule has 1 fully saturated rings. The van der Waals surface area contributed by atoms with E-state index in [1.165, 1.54) is 0 Å². The Balaban J connectivity index is 2.17. The van der Waals surface area contributed by atoms with E-state index >= 15 is 0 Å². The van der Waals surface area contributed by atoms with Gasteiger partial charge >= 0.3 is 5.97 Å². The zero-order valence-electron chi connectivity index (χ0n) is 9.32. The van der Waals surface area contributed by atoms with Crippen molar-refractivity contribution in [1.29, 1.82) is 0 Å². The predicted octanol–water partition coefficient (Wildman–Crippen LogP) is 0.518. The van der Waals surface area contributed by atoms with E-state index in [1.54, 1.807) is 0 Å². The van der Waals surface area contributed by atoms with Crippen molar-refractivity contribution in [3.63, 3.8) is 0 Å². The molecule has 2 unspecified atom stereocenters. The number of hydrogen-bond acceptors (Lipinski definition) is 3. The summed E-state index contributed by atoms with van der Waals surface area (Å²) >= 11 is 0. The van der Waals surface area contributed by atoms with Crippen LogP contribution >= 0.6 is 0 Å². The van der Waals surface area contributed by atoms with Gasteiger partial charge in [0.15, 0.2) is 0 Å². The highest BCUT2D eigenvalue weighted by atomic mass is 16.4. The minimum absolute atomic E-state index is 0.0121. The summed E-state index contributed by atoms with van der Waals surface area (Å²) in [5.41, 5.74) is 0. The van der Waals surface area contributed by atoms with E-state index < -0.39 is 5.97 Å². The number of aliphatic hydroxyl groups is 1. The Morgan fingerprint density at radius 1 is 1.19 bits per heavy atom. The summed E-state index contributed by atoms with van der Waals surface area (Å²) in [6, 6.07) is 0. The van der Waals surface area contributed by atoms with Gasteiger partial charge < -0.3 is 15.5 Å². The molecule has 0 aromatic rings. The lowest BCUT2D eigenvalue weighted by Crippen LogP contribution is -2.36. The van der Waals surface area contributed by atoms with E-state index in [0.29, 0.717) is 6.54 Å². The average Bonchev–Trinajstić information content (AvgIpc) is 2.25. The molecule has 0 radical (unpaired) electrons. The van der Waals surface area contributed by atoms with Crippen molar-refractivity contribution in [3.05, 3.63) is 0 Å². The zero-order valence-corrected chi connectivity index (χ0v) is 9.32. The van der Waals surface area contributed by atoms with Crippen LogP contribution in [0.4, 0.5) is 0 Å². The fourth-order valence-corrected chi connectivity index (χ4v) is 1.98. The minimum atomic E-state index is -0.965. The van der Waals surface area contributed by atoms with Gasteiger partial charge in [0.2, 0.25) is 5.91 Å². The maximum absolute atomic E-state index is 11.2. The number of carbonyl (C=O) groups excluding carboxylic acids is 1. The highest BCUT2D eigenvalue weighted by Gasteiger charge is 2.23. The van der Waals surface area contributed by atoms with Gasteiger partial charge in [-0.1, -0.05) is 12.8 Å². The number of rotatable bonds is 5. The molecule has 1 rings (SSSR count). The molecule has 2 atom stereocenters. The molecule has 0 saturated heterocycles. The summed E-state index contributed by atoms with van der Waals surface area (Å²) in [6.07, 6.45) is 3.42. The molecule has 0 aromatic heterocycles. The van der Waals surface area contributed by atoms with Gasteiger partial charge in [-0.2, -0.15) is 0 Å². The second-order valence-electron chi connectivity index (χ2n) is 4.31. The van der Waals surface area contributed by atoms with Crippen molar-refractivity contribution in [2.75, 3.05) is 6.54 Å². The van der Waals surface area contributed by atoms with E-state index in [2.05, 4.69) is 5.32 Å². The maximum atomic E-state index is 11.2. The Labute approximate surface area is 94.8 Å². The van der Waals surface area contributed by atoms with E-state index in [9.17, 15) is 14.7 Å². The molecule has 1 aliphatic carbocycles. The third-order valence-corrected chi connectivity index (χ3v) is 3.00. The number of hydrogen-bond donors (Lipinski definition) is 3. The lowest BCUT2D eigenvalue weighted by Gasteiger charge is -2.27. The maximum Gasteiger partial charge on any atom is 0.303 e. The normalized spacial score (nSPS) is 25.1. The molecule has 1 amide bonds. The topological polar surface area (TPSA) is 86.6 Å². The van der Waals surface area contributed by atoms with Crippen LogP contribution in [0.3, 0.4) is 0 Å². The molecule has 3 N–H and O–H groups in total. The van der Waals surface area contributed by atoms with Crippen molar-refractivity contribution in [2.45, 2.75) is 44.6 Å². The Morgan fingerprint density at radius 2 is 1.88 bits per heavy atom. The van der Waals surface area contributed by atoms with E-state index in [0.717, 1.165) is 25.7 Å². The van der Waals surface area contributed by atoms with Crippen molar-refractivity contribution in [3.8, 4) is 0 Å². The summed E-state index contributed by atoms with van der Waals surface area (Å²) in [7, 11) is 0. The number of nitrogens with one attached hydrogen (secondary N) is 1. The van der Waals surface area contributed by atoms with Crippen molar-refractivity contribution < 1.29 is 19.8 Å². The number of amides is 1. The molecule has 1 aliphatic rings. The molecule has 0 bridgehead atoms. The third kappa shape index (κ3) is 4.61. The number of carboxylic acids is 1.